The molecular formula is C24H31BrN2O3. The summed E-state index contributed by atoms with van der Waals surface area (Å²) in [5.74, 6) is 0.215. The number of amides is 2. The number of rotatable bonds is 10. The molecule has 2 rings (SSSR count). The van der Waals surface area contributed by atoms with Gasteiger partial charge in [0.1, 0.15) is 11.8 Å². The van der Waals surface area contributed by atoms with Crippen LogP contribution in [0.15, 0.2) is 46.9 Å². The molecule has 0 aliphatic heterocycles. The molecule has 0 aromatic heterocycles. The number of aryl methyl sites for hydroxylation is 2. The number of ether oxygens (including phenoxy) is 1. The van der Waals surface area contributed by atoms with Crippen LogP contribution in [0, 0.1) is 6.92 Å². The van der Waals surface area contributed by atoms with E-state index < -0.39 is 6.04 Å². The first-order chi connectivity index (χ1) is 14.3. The Labute approximate surface area is 187 Å². The fraction of sp³-hybridized carbons (Fsp3) is 0.417. The van der Waals surface area contributed by atoms with E-state index in [0.717, 1.165) is 28.4 Å². The topological polar surface area (TPSA) is 58.6 Å². The molecule has 0 heterocycles. The van der Waals surface area contributed by atoms with E-state index in [0.29, 0.717) is 18.8 Å². The normalized spacial score (nSPS) is 11.6. The number of carbonyl (C=O) groups is 2. The third kappa shape index (κ3) is 6.87. The molecule has 6 heteroatoms. The average Bonchev–Trinajstić information content (AvgIpc) is 2.74. The molecule has 0 aliphatic carbocycles. The Kier molecular flexibility index (Phi) is 9.37. The Morgan fingerprint density at radius 1 is 1.13 bits per heavy atom. The van der Waals surface area contributed by atoms with Gasteiger partial charge >= 0.3 is 0 Å². The van der Waals surface area contributed by atoms with Crippen molar-refractivity contribution in [2.24, 2.45) is 0 Å². The minimum atomic E-state index is -0.598. The smallest absolute Gasteiger partial charge is 0.261 e. The summed E-state index contributed by atoms with van der Waals surface area (Å²) in [7, 11) is 0. The van der Waals surface area contributed by atoms with Crippen molar-refractivity contribution in [2.45, 2.75) is 53.1 Å². The highest BCUT2D eigenvalue weighted by atomic mass is 79.9. The summed E-state index contributed by atoms with van der Waals surface area (Å²) in [6.45, 7) is 8.64. The van der Waals surface area contributed by atoms with Crippen LogP contribution in [0.25, 0.3) is 0 Å². The average molecular weight is 475 g/mol. The van der Waals surface area contributed by atoms with Crippen LogP contribution in [0.3, 0.4) is 0 Å². The largest absolute Gasteiger partial charge is 0.483 e. The monoisotopic (exact) mass is 474 g/mol. The molecule has 0 aliphatic rings. The molecule has 162 valence electrons. The molecule has 1 N–H and O–H groups in total. The van der Waals surface area contributed by atoms with Gasteiger partial charge in [-0.15, -0.1) is 0 Å². The zero-order valence-corrected chi connectivity index (χ0v) is 19.8. The van der Waals surface area contributed by atoms with Crippen molar-refractivity contribution in [3.8, 4) is 5.75 Å². The van der Waals surface area contributed by atoms with Crippen molar-refractivity contribution in [3.63, 3.8) is 0 Å². The minimum absolute atomic E-state index is 0.138. The summed E-state index contributed by atoms with van der Waals surface area (Å²) in [6, 6.07) is 13.2. The summed E-state index contributed by atoms with van der Waals surface area (Å²) in [6.07, 6.45) is 1.77. The predicted molar refractivity (Wildman–Crippen MR) is 124 cm³/mol. The van der Waals surface area contributed by atoms with Crippen LogP contribution < -0.4 is 10.1 Å². The standard InChI is InChI=1S/C24H31BrN2O3/c1-5-12-26-24(29)18(4)27(15-20-9-7-8-17(3)13-20)23(28)16-30-22-11-10-19(6-2)14-21(22)25/h7-11,13-14,18H,5-6,12,15-16H2,1-4H3,(H,26,29). The highest BCUT2D eigenvalue weighted by Crippen LogP contribution is 2.26. The molecular weight excluding hydrogens is 444 g/mol. The molecule has 2 amide bonds. The third-order valence-corrected chi connectivity index (χ3v) is 5.53. The highest BCUT2D eigenvalue weighted by Gasteiger charge is 2.26. The van der Waals surface area contributed by atoms with E-state index >= 15 is 0 Å². The van der Waals surface area contributed by atoms with Crippen LogP contribution in [0.4, 0.5) is 0 Å². The molecule has 0 saturated carbocycles. The molecule has 0 spiro atoms. The van der Waals surface area contributed by atoms with Crippen molar-refractivity contribution in [1.29, 1.82) is 0 Å². The Bertz CT molecular complexity index is 869. The van der Waals surface area contributed by atoms with Crippen LogP contribution in [0.2, 0.25) is 0 Å². The number of hydrogen-bond donors (Lipinski definition) is 1. The van der Waals surface area contributed by atoms with Gasteiger partial charge in [-0.25, -0.2) is 0 Å². The Morgan fingerprint density at radius 2 is 1.90 bits per heavy atom. The van der Waals surface area contributed by atoms with Crippen molar-refractivity contribution in [1.82, 2.24) is 10.2 Å². The second kappa shape index (κ2) is 11.7. The van der Waals surface area contributed by atoms with Gasteiger partial charge in [0.05, 0.1) is 4.47 Å². The first-order valence-electron chi connectivity index (χ1n) is 10.4. The van der Waals surface area contributed by atoms with Gasteiger partial charge in [-0.3, -0.25) is 9.59 Å². The lowest BCUT2D eigenvalue weighted by molar-refractivity contribution is -0.142. The zero-order chi connectivity index (χ0) is 22.1. The SMILES string of the molecule is CCCNC(=O)C(C)N(Cc1cccc(C)c1)C(=O)COc1ccc(CC)cc1Br. The summed E-state index contributed by atoms with van der Waals surface area (Å²) >= 11 is 3.50. The maximum atomic E-state index is 13.1. The van der Waals surface area contributed by atoms with E-state index in [1.165, 1.54) is 5.56 Å². The number of benzene rings is 2. The highest BCUT2D eigenvalue weighted by molar-refractivity contribution is 9.10. The van der Waals surface area contributed by atoms with Gasteiger partial charge < -0.3 is 15.0 Å². The molecule has 2 aromatic rings. The maximum absolute atomic E-state index is 13.1. The molecule has 0 fully saturated rings. The fourth-order valence-electron chi connectivity index (χ4n) is 3.09. The lowest BCUT2D eigenvalue weighted by Gasteiger charge is -2.29. The molecule has 5 nitrogen and oxygen atoms in total. The Hall–Kier alpha value is -2.34. The predicted octanol–water partition coefficient (Wildman–Crippen LogP) is 4.64. The van der Waals surface area contributed by atoms with Crippen molar-refractivity contribution < 1.29 is 14.3 Å². The summed E-state index contributed by atoms with van der Waals surface area (Å²) < 4.78 is 6.60. The van der Waals surface area contributed by atoms with Gasteiger partial charge in [0.15, 0.2) is 6.61 Å². The van der Waals surface area contributed by atoms with E-state index in [4.69, 9.17) is 4.74 Å². The molecule has 0 bridgehead atoms. The fourth-order valence-corrected chi connectivity index (χ4v) is 3.63. The lowest BCUT2D eigenvalue weighted by atomic mass is 10.1. The second-order valence-corrected chi connectivity index (χ2v) is 8.24. The quantitative estimate of drug-likeness (QED) is 0.545. The third-order valence-electron chi connectivity index (χ3n) is 4.91. The van der Waals surface area contributed by atoms with E-state index in [2.05, 4.69) is 28.2 Å². The maximum Gasteiger partial charge on any atom is 0.261 e. The molecule has 1 atom stereocenters. The summed E-state index contributed by atoms with van der Waals surface area (Å²) in [5.41, 5.74) is 3.27. The number of hydrogen-bond acceptors (Lipinski definition) is 3. The van der Waals surface area contributed by atoms with E-state index in [-0.39, 0.29) is 18.4 Å². The summed E-state index contributed by atoms with van der Waals surface area (Å²) in [5, 5.41) is 2.88. The van der Waals surface area contributed by atoms with Gasteiger partial charge in [-0.1, -0.05) is 49.7 Å². The second-order valence-electron chi connectivity index (χ2n) is 7.38. The lowest BCUT2D eigenvalue weighted by Crippen LogP contribution is -2.49. The zero-order valence-electron chi connectivity index (χ0n) is 18.2. The van der Waals surface area contributed by atoms with Crippen LogP contribution in [-0.4, -0.2) is 35.9 Å². The number of carbonyl (C=O) groups excluding carboxylic acids is 2. The Morgan fingerprint density at radius 3 is 2.53 bits per heavy atom. The first-order valence-corrected chi connectivity index (χ1v) is 11.2. The van der Waals surface area contributed by atoms with Crippen molar-refractivity contribution >= 4 is 27.7 Å². The van der Waals surface area contributed by atoms with E-state index in [1.807, 2.05) is 56.3 Å². The summed E-state index contributed by atoms with van der Waals surface area (Å²) in [4.78, 5) is 27.2. The molecule has 2 aromatic carbocycles. The number of nitrogens with one attached hydrogen (secondary N) is 1. The Balaban J connectivity index is 2.15. The van der Waals surface area contributed by atoms with Crippen LogP contribution in [0.5, 0.6) is 5.75 Å². The van der Waals surface area contributed by atoms with Gasteiger partial charge in [0.25, 0.3) is 5.91 Å². The first kappa shape index (κ1) is 23.9. The molecule has 30 heavy (non-hydrogen) atoms. The van der Waals surface area contributed by atoms with Crippen molar-refractivity contribution in [3.05, 3.63) is 63.6 Å². The molecule has 0 radical (unpaired) electrons. The van der Waals surface area contributed by atoms with Crippen molar-refractivity contribution in [2.75, 3.05) is 13.2 Å². The van der Waals surface area contributed by atoms with Crippen LogP contribution in [0.1, 0.15) is 43.9 Å². The minimum Gasteiger partial charge on any atom is -0.483 e. The van der Waals surface area contributed by atoms with Crippen LogP contribution >= 0.6 is 15.9 Å². The van der Waals surface area contributed by atoms with E-state index in [9.17, 15) is 9.59 Å². The van der Waals surface area contributed by atoms with Gasteiger partial charge in [-0.2, -0.15) is 0 Å². The number of halogens is 1. The van der Waals surface area contributed by atoms with E-state index in [1.54, 1.807) is 11.8 Å². The van der Waals surface area contributed by atoms with Gasteiger partial charge in [-0.05, 0) is 65.9 Å². The van der Waals surface area contributed by atoms with Gasteiger partial charge in [0.2, 0.25) is 5.91 Å². The van der Waals surface area contributed by atoms with Crippen LogP contribution in [-0.2, 0) is 22.6 Å². The molecule has 0 saturated heterocycles. The van der Waals surface area contributed by atoms with Gasteiger partial charge in [0, 0.05) is 13.1 Å². The number of nitrogens with zero attached hydrogens (tertiary/aromatic N) is 1. The molecule has 1 unspecified atom stereocenters.